The van der Waals surface area contributed by atoms with Gasteiger partial charge in [0.05, 0.1) is 0 Å². The van der Waals surface area contributed by atoms with Crippen molar-refractivity contribution in [1.29, 1.82) is 0 Å². The van der Waals surface area contributed by atoms with Crippen LogP contribution in [-0.2, 0) is 6.54 Å². The minimum absolute atomic E-state index is 0.481. The van der Waals surface area contributed by atoms with Crippen LogP contribution in [0.1, 0.15) is 63.0 Å². The standard InChI is InChI=1S/C17H25N/c1-17(2)11-5-8-16(17)18-12-14-6-3-4-7-15(14)13-9-10-13/h3-4,6-7,13,16,18H,5,8-12H2,1-2H3. The van der Waals surface area contributed by atoms with E-state index in [4.69, 9.17) is 0 Å². The maximum Gasteiger partial charge on any atom is 0.0211 e. The molecular weight excluding hydrogens is 218 g/mol. The lowest BCUT2D eigenvalue weighted by atomic mass is 9.87. The molecule has 1 aromatic carbocycles. The van der Waals surface area contributed by atoms with Crippen LogP contribution >= 0.6 is 0 Å². The fourth-order valence-electron chi connectivity index (χ4n) is 3.43. The van der Waals surface area contributed by atoms with Crippen molar-refractivity contribution in [2.45, 2.75) is 64.5 Å². The predicted octanol–water partition coefficient (Wildman–Crippen LogP) is 4.23. The number of hydrogen-bond acceptors (Lipinski definition) is 1. The SMILES string of the molecule is CC1(C)CCCC1NCc1ccccc1C1CC1. The van der Waals surface area contributed by atoms with Crippen LogP contribution < -0.4 is 5.32 Å². The molecule has 0 bridgehead atoms. The number of nitrogens with one attached hydrogen (secondary N) is 1. The van der Waals surface area contributed by atoms with E-state index >= 15 is 0 Å². The van der Waals surface area contributed by atoms with Crippen LogP contribution in [0.3, 0.4) is 0 Å². The largest absolute Gasteiger partial charge is 0.309 e. The lowest BCUT2D eigenvalue weighted by molar-refractivity contribution is 0.282. The molecule has 18 heavy (non-hydrogen) atoms. The molecule has 0 aliphatic heterocycles. The molecule has 0 radical (unpaired) electrons. The van der Waals surface area contributed by atoms with E-state index in [-0.39, 0.29) is 0 Å². The minimum Gasteiger partial charge on any atom is -0.309 e. The maximum atomic E-state index is 3.81. The van der Waals surface area contributed by atoms with Crippen molar-refractivity contribution in [2.24, 2.45) is 5.41 Å². The molecule has 1 heteroatoms. The Morgan fingerprint density at radius 1 is 1.17 bits per heavy atom. The van der Waals surface area contributed by atoms with Gasteiger partial charge in [-0.2, -0.15) is 0 Å². The van der Waals surface area contributed by atoms with Crippen molar-refractivity contribution >= 4 is 0 Å². The van der Waals surface area contributed by atoms with Crippen molar-refractivity contribution in [1.82, 2.24) is 5.32 Å². The Morgan fingerprint density at radius 2 is 1.94 bits per heavy atom. The van der Waals surface area contributed by atoms with E-state index in [0.29, 0.717) is 11.5 Å². The highest BCUT2D eigenvalue weighted by atomic mass is 14.9. The first kappa shape index (κ1) is 12.2. The van der Waals surface area contributed by atoms with Gasteiger partial charge in [-0.15, -0.1) is 0 Å². The van der Waals surface area contributed by atoms with E-state index in [9.17, 15) is 0 Å². The molecular formula is C17H25N. The second-order valence-corrected chi connectivity index (χ2v) is 6.79. The molecule has 1 nitrogen and oxygen atoms in total. The predicted molar refractivity (Wildman–Crippen MR) is 76.7 cm³/mol. The summed E-state index contributed by atoms with van der Waals surface area (Å²) in [5, 5.41) is 3.81. The first-order valence-corrected chi connectivity index (χ1v) is 7.48. The molecule has 3 rings (SSSR count). The molecule has 0 aromatic heterocycles. The molecule has 1 unspecified atom stereocenters. The molecule has 1 N–H and O–H groups in total. The van der Waals surface area contributed by atoms with Gasteiger partial charge in [-0.1, -0.05) is 44.5 Å². The quantitative estimate of drug-likeness (QED) is 0.834. The molecule has 1 atom stereocenters. The first-order chi connectivity index (χ1) is 8.67. The Balaban J connectivity index is 1.66. The summed E-state index contributed by atoms with van der Waals surface area (Å²) in [6, 6.07) is 9.71. The fourth-order valence-corrected chi connectivity index (χ4v) is 3.43. The molecule has 2 aliphatic rings. The zero-order valence-corrected chi connectivity index (χ0v) is 11.7. The second kappa shape index (κ2) is 4.70. The minimum atomic E-state index is 0.481. The zero-order valence-electron chi connectivity index (χ0n) is 11.7. The summed E-state index contributed by atoms with van der Waals surface area (Å²) in [6.45, 7) is 5.87. The van der Waals surface area contributed by atoms with E-state index in [2.05, 4.69) is 43.4 Å². The first-order valence-electron chi connectivity index (χ1n) is 7.48. The highest BCUT2D eigenvalue weighted by Crippen LogP contribution is 2.42. The number of rotatable bonds is 4. The summed E-state index contributed by atoms with van der Waals surface area (Å²) in [5.41, 5.74) is 3.61. The second-order valence-electron chi connectivity index (χ2n) is 6.79. The number of hydrogen-bond donors (Lipinski definition) is 1. The highest BCUT2D eigenvalue weighted by molar-refractivity contribution is 5.33. The van der Waals surface area contributed by atoms with Crippen LogP contribution in [0.25, 0.3) is 0 Å². The summed E-state index contributed by atoms with van der Waals surface area (Å²) in [5.74, 6) is 0.861. The van der Waals surface area contributed by atoms with Crippen LogP contribution in [0.2, 0.25) is 0 Å². The van der Waals surface area contributed by atoms with Gasteiger partial charge in [-0.3, -0.25) is 0 Å². The van der Waals surface area contributed by atoms with Crippen molar-refractivity contribution < 1.29 is 0 Å². The van der Waals surface area contributed by atoms with Gasteiger partial charge in [0.25, 0.3) is 0 Å². The molecule has 0 amide bonds. The summed E-state index contributed by atoms with van der Waals surface area (Å²) in [7, 11) is 0. The van der Waals surface area contributed by atoms with Crippen LogP contribution in [-0.4, -0.2) is 6.04 Å². The molecule has 1 aromatic rings. The molecule has 98 valence electrons. The summed E-state index contributed by atoms with van der Waals surface area (Å²) in [4.78, 5) is 0. The van der Waals surface area contributed by atoms with Crippen LogP contribution in [0.15, 0.2) is 24.3 Å². The van der Waals surface area contributed by atoms with Gasteiger partial charge in [-0.05, 0) is 48.1 Å². The van der Waals surface area contributed by atoms with E-state index < -0.39 is 0 Å². The molecule has 2 aliphatic carbocycles. The lowest BCUT2D eigenvalue weighted by Gasteiger charge is -2.28. The van der Waals surface area contributed by atoms with E-state index in [1.165, 1.54) is 37.7 Å². The molecule has 0 saturated heterocycles. The molecule has 0 spiro atoms. The third-order valence-electron chi connectivity index (χ3n) is 4.87. The van der Waals surface area contributed by atoms with E-state index in [1.54, 1.807) is 5.56 Å². The maximum absolute atomic E-state index is 3.81. The van der Waals surface area contributed by atoms with Gasteiger partial charge in [0, 0.05) is 12.6 Å². The van der Waals surface area contributed by atoms with Gasteiger partial charge in [0.15, 0.2) is 0 Å². The average Bonchev–Trinajstić information content (AvgIpc) is 3.13. The van der Waals surface area contributed by atoms with E-state index in [1.807, 2.05) is 0 Å². The summed E-state index contributed by atoms with van der Waals surface area (Å²) < 4.78 is 0. The molecule has 2 saturated carbocycles. The zero-order chi connectivity index (χ0) is 12.6. The summed E-state index contributed by atoms with van der Waals surface area (Å²) in [6.07, 6.45) is 6.89. The Morgan fingerprint density at radius 3 is 2.61 bits per heavy atom. The van der Waals surface area contributed by atoms with E-state index in [0.717, 1.165) is 12.5 Å². The smallest absolute Gasteiger partial charge is 0.0211 e. The molecule has 0 heterocycles. The topological polar surface area (TPSA) is 12.0 Å². The average molecular weight is 243 g/mol. The van der Waals surface area contributed by atoms with Crippen LogP contribution in [0.5, 0.6) is 0 Å². The fraction of sp³-hybridized carbons (Fsp3) is 0.647. The van der Waals surface area contributed by atoms with Crippen LogP contribution in [0.4, 0.5) is 0 Å². The van der Waals surface area contributed by atoms with Gasteiger partial charge in [0.2, 0.25) is 0 Å². The third-order valence-corrected chi connectivity index (χ3v) is 4.87. The monoisotopic (exact) mass is 243 g/mol. The Hall–Kier alpha value is -0.820. The van der Waals surface area contributed by atoms with Crippen molar-refractivity contribution in [2.75, 3.05) is 0 Å². The van der Waals surface area contributed by atoms with Crippen LogP contribution in [0, 0.1) is 5.41 Å². The normalized spacial score (nSPS) is 26.4. The number of benzene rings is 1. The molecule has 2 fully saturated rings. The van der Waals surface area contributed by atoms with Gasteiger partial charge in [-0.25, -0.2) is 0 Å². The van der Waals surface area contributed by atoms with Gasteiger partial charge in [0.1, 0.15) is 0 Å². The highest BCUT2D eigenvalue weighted by Gasteiger charge is 2.34. The van der Waals surface area contributed by atoms with Crippen molar-refractivity contribution in [3.05, 3.63) is 35.4 Å². The van der Waals surface area contributed by atoms with Gasteiger partial charge < -0.3 is 5.32 Å². The van der Waals surface area contributed by atoms with Gasteiger partial charge >= 0.3 is 0 Å². The van der Waals surface area contributed by atoms with Crippen molar-refractivity contribution in [3.63, 3.8) is 0 Å². The lowest BCUT2D eigenvalue weighted by Crippen LogP contribution is -2.37. The Kier molecular flexibility index (Phi) is 3.19. The Bertz CT molecular complexity index is 417. The summed E-state index contributed by atoms with van der Waals surface area (Å²) >= 11 is 0. The Labute approximate surface area is 111 Å². The third kappa shape index (κ3) is 2.47. The van der Waals surface area contributed by atoms with Crippen molar-refractivity contribution in [3.8, 4) is 0 Å².